The van der Waals surface area contributed by atoms with Crippen molar-refractivity contribution in [2.75, 3.05) is 6.54 Å². The third kappa shape index (κ3) is 4.57. The van der Waals surface area contributed by atoms with E-state index in [1.165, 1.54) is 0 Å². The van der Waals surface area contributed by atoms with Crippen LogP contribution in [0.4, 0.5) is 0 Å². The third-order valence-electron chi connectivity index (χ3n) is 2.22. The van der Waals surface area contributed by atoms with Crippen molar-refractivity contribution in [3.8, 4) is 0 Å². The second kappa shape index (κ2) is 5.25. The van der Waals surface area contributed by atoms with E-state index in [1.807, 2.05) is 32.9 Å². The van der Waals surface area contributed by atoms with E-state index in [0.717, 1.165) is 12.7 Å². The molecule has 2 unspecified atom stereocenters. The van der Waals surface area contributed by atoms with E-state index in [-0.39, 0.29) is 24.5 Å². The molecule has 2 atom stereocenters. The molecule has 4 heteroatoms. The van der Waals surface area contributed by atoms with Gasteiger partial charge in [0, 0.05) is 12.0 Å². The maximum absolute atomic E-state index is 11.4. The van der Waals surface area contributed by atoms with Crippen LogP contribution in [-0.4, -0.2) is 30.4 Å². The Morgan fingerprint density at radius 1 is 1.50 bits per heavy atom. The lowest BCUT2D eigenvalue weighted by Crippen LogP contribution is -2.35. The van der Waals surface area contributed by atoms with Crippen LogP contribution in [0.15, 0.2) is 12.2 Å². The summed E-state index contributed by atoms with van der Waals surface area (Å²) >= 11 is 0. The standard InChI is InChI=1S/C12H19NO3/c1-12(2,3)16-11(15)7-13-10-5-4-9(6-10)8-14/h4-5,8-10,13H,6-7H2,1-3H3. The molecule has 1 rings (SSSR count). The average molecular weight is 225 g/mol. The quantitative estimate of drug-likeness (QED) is 0.441. The molecule has 0 aromatic heterocycles. The highest BCUT2D eigenvalue weighted by Crippen LogP contribution is 2.15. The van der Waals surface area contributed by atoms with Crippen molar-refractivity contribution >= 4 is 12.3 Å². The molecule has 1 aliphatic rings. The Morgan fingerprint density at radius 2 is 2.19 bits per heavy atom. The number of aldehydes is 1. The van der Waals surface area contributed by atoms with Crippen molar-refractivity contribution in [1.82, 2.24) is 5.32 Å². The number of nitrogens with one attached hydrogen (secondary N) is 1. The van der Waals surface area contributed by atoms with Crippen LogP contribution in [0.25, 0.3) is 0 Å². The lowest BCUT2D eigenvalue weighted by atomic mass is 10.1. The van der Waals surface area contributed by atoms with Crippen LogP contribution >= 0.6 is 0 Å². The first-order chi connectivity index (χ1) is 7.40. The molecular weight excluding hydrogens is 206 g/mol. The second-order valence-electron chi connectivity index (χ2n) is 4.99. The maximum atomic E-state index is 11.4. The minimum atomic E-state index is -0.449. The molecule has 0 amide bonds. The van der Waals surface area contributed by atoms with Gasteiger partial charge in [-0.2, -0.15) is 0 Å². The van der Waals surface area contributed by atoms with E-state index < -0.39 is 5.60 Å². The van der Waals surface area contributed by atoms with Gasteiger partial charge in [-0.15, -0.1) is 0 Å². The molecule has 90 valence electrons. The van der Waals surface area contributed by atoms with E-state index in [0.29, 0.717) is 0 Å². The van der Waals surface area contributed by atoms with E-state index in [1.54, 1.807) is 0 Å². The van der Waals surface area contributed by atoms with Gasteiger partial charge in [0.15, 0.2) is 0 Å². The van der Waals surface area contributed by atoms with Gasteiger partial charge < -0.3 is 14.8 Å². The van der Waals surface area contributed by atoms with Gasteiger partial charge in [-0.1, -0.05) is 12.2 Å². The SMILES string of the molecule is CC(C)(C)OC(=O)CNC1C=CC(C=O)C1. The van der Waals surface area contributed by atoms with Crippen molar-refractivity contribution in [3.05, 3.63) is 12.2 Å². The Labute approximate surface area is 96.0 Å². The maximum Gasteiger partial charge on any atom is 0.320 e. The van der Waals surface area contributed by atoms with Crippen LogP contribution in [0.1, 0.15) is 27.2 Å². The number of rotatable bonds is 4. The zero-order chi connectivity index (χ0) is 12.2. The van der Waals surface area contributed by atoms with Gasteiger partial charge in [-0.05, 0) is 27.2 Å². The first-order valence-corrected chi connectivity index (χ1v) is 5.49. The van der Waals surface area contributed by atoms with Crippen molar-refractivity contribution in [2.45, 2.75) is 38.8 Å². The monoisotopic (exact) mass is 225 g/mol. The summed E-state index contributed by atoms with van der Waals surface area (Å²) in [4.78, 5) is 21.9. The molecule has 0 heterocycles. The molecule has 0 saturated carbocycles. The largest absolute Gasteiger partial charge is 0.459 e. The number of hydrogen-bond acceptors (Lipinski definition) is 4. The predicted molar refractivity (Wildman–Crippen MR) is 60.9 cm³/mol. The second-order valence-corrected chi connectivity index (χ2v) is 4.99. The summed E-state index contributed by atoms with van der Waals surface area (Å²) in [5.74, 6) is -0.286. The fraction of sp³-hybridized carbons (Fsp3) is 0.667. The molecule has 0 aromatic rings. The molecule has 0 aliphatic heterocycles. The van der Waals surface area contributed by atoms with Crippen LogP contribution in [0.5, 0.6) is 0 Å². The molecule has 1 aliphatic carbocycles. The van der Waals surface area contributed by atoms with Gasteiger partial charge in [0.05, 0.1) is 6.54 Å². The smallest absolute Gasteiger partial charge is 0.320 e. The molecule has 0 spiro atoms. The summed E-state index contributed by atoms with van der Waals surface area (Å²) in [7, 11) is 0. The fourth-order valence-corrected chi connectivity index (χ4v) is 1.57. The van der Waals surface area contributed by atoms with Gasteiger partial charge in [-0.3, -0.25) is 4.79 Å². The third-order valence-corrected chi connectivity index (χ3v) is 2.22. The van der Waals surface area contributed by atoms with E-state index in [9.17, 15) is 9.59 Å². The first kappa shape index (κ1) is 12.9. The molecule has 4 nitrogen and oxygen atoms in total. The molecule has 0 fully saturated rings. The van der Waals surface area contributed by atoms with Crippen molar-refractivity contribution < 1.29 is 14.3 Å². The average Bonchev–Trinajstić information content (AvgIpc) is 2.59. The van der Waals surface area contributed by atoms with E-state index >= 15 is 0 Å². The van der Waals surface area contributed by atoms with Crippen molar-refractivity contribution in [1.29, 1.82) is 0 Å². The Morgan fingerprint density at radius 3 is 2.69 bits per heavy atom. The lowest BCUT2D eigenvalue weighted by Gasteiger charge is -2.20. The Kier molecular flexibility index (Phi) is 4.24. The summed E-state index contributed by atoms with van der Waals surface area (Å²) < 4.78 is 5.16. The molecule has 0 saturated heterocycles. The molecule has 0 bridgehead atoms. The number of ether oxygens (including phenoxy) is 1. The number of hydrogen-bond donors (Lipinski definition) is 1. The highest BCUT2D eigenvalue weighted by molar-refractivity contribution is 5.72. The predicted octanol–water partition coefficient (Wildman–Crippen LogP) is 1.06. The normalized spacial score (nSPS) is 24.4. The minimum Gasteiger partial charge on any atom is -0.459 e. The van der Waals surface area contributed by atoms with Gasteiger partial charge in [-0.25, -0.2) is 0 Å². The Hall–Kier alpha value is -1.16. The van der Waals surface area contributed by atoms with Gasteiger partial charge in [0.1, 0.15) is 11.9 Å². The highest BCUT2D eigenvalue weighted by atomic mass is 16.6. The topological polar surface area (TPSA) is 55.4 Å². The van der Waals surface area contributed by atoms with Gasteiger partial charge in [0.25, 0.3) is 0 Å². The highest BCUT2D eigenvalue weighted by Gasteiger charge is 2.20. The van der Waals surface area contributed by atoms with Crippen LogP contribution in [-0.2, 0) is 14.3 Å². The molecule has 16 heavy (non-hydrogen) atoms. The Bertz CT molecular complexity index is 291. The lowest BCUT2D eigenvalue weighted by molar-refractivity contribution is -0.153. The molecular formula is C12H19NO3. The van der Waals surface area contributed by atoms with Crippen molar-refractivity contribution in [2.24, 2.45) is 5.92 Å². The Balaban J connectivity index is 2.23. The summed E-state index contributed by atoms with van der Waals surface area (Å²) in [6.07, 6.45) is 5.43. The van der Waals surface area contributed by atoms with E-state index in [2.05, 4.69) is 5.32 Å². The summed E-state index contributed by atoms with van der Waals surface area (Å²) in [5.41, 5.74) is -0.449. The van der Waals surface area contributed by atoms with Crippen LogP contribution < -0.4 is 5.32 Å². The number of allylic oxidation sites excluding steroid dienone is 1. The van der Waals surface area contributed by atoms with Crippen LogP contribution in [0, 0.1) is 5.92 Å². The fourth-order valence-electron chi connectivity index (χ4n) is 1.57. The van der Waals surface area contributed by atoms with E-state index in [4.69, 9.17) is 4.74 Å². The zero-order valence-corrected chi connectivity index (χ0v) is 10.0. The summed E-state index contributed by atoms with van der Waals surface area (Å²) in [6, 6.07) is 0.0997. The first-order valence-electron chi connectivity index (χ1n) is 5.49. The number of carbonyl (C=O) groups excluding carboxylic acids is 2. The molecule has 0 radical (unpaired) electrons. The number of carbonyl (C=O) groups is 2. The molecule has 1 N–H and O–H groups in total. The van der Waals surface area contributed by atoms with Crippen molar-refractivity contribution in [3.63, 3.8) is 0 Å². The minimum absolute atomic E-state index is 0.0175. The molecule has 0 aromatic carbocycles. The van der Waals surface area contributed by atoms with Crippen LogP contribution in [0.2, 0.25) is 0 Å². The zero-order valence-electron chi connectivity index (χ0n) is 10.0. The summed E-state index contributed by atoms with van der Waals surface area (Å²) in [5, 5.41) is 3.05. The van der Waals surface area contributed by atoms with Gasteiger partial charge >= 0.3 is 5.97 Å². The van der Waals surface area contributed by atoms with Crippen LogP contribution in [0.3, 0.4) is 0 Å². The summed E-state index contributed by atoms with van der Waals surface area (Å²) in [6.45, 7) is 5.69. The number of esters is 1. The van der Waals surface area contributed by atoms with Gasteiger partial charge in [0.2, 0.25) is 0 Å².